The Labute approximate surface area is 313 Å². The molecular formula is C42H78N2O6P+. The van der Waals surface area contributed by atoms with Crippen molar-refractivity contribution < 1.29 is 32.9 Å². The number of hydrogen-bond donors (Lipinski definition) is 3. The van der Waals surface area contributed by atoms with Gasteiger partial charge >= 0.3 is 7.82 Å². The lowest BCUT2D eigenvalue weighted by Gasteiger charge is -2.26. The Bertz CT molecular complexity index is 1020. The Morgan fingerprint density at radius 1 is 0.686 bits per heavy atom. The molecule has 0 aliphatic carbocycles. The van der Waals surface area contributed by atoms with Crippen LogP contribution in [0.4, 0.5) is 0 Å². The summed E-state index contributed by atoms with van der Waals surface area (Å²) >= 11 is 0. The van der Waals surface area contributed by atoms with Crippen LogP contribution in [0.25, 0.3) is 0 Å². The molecule has 0 saturated heterocycles. The summed E-state index contributed by atoms with van der Waals surface area (Å²) in [5.41, 5.74) is 0. The second-order valence-electron chi connectivity index (χ2n) is 14.6. The summed E-state index contributed by atoms with van der Waals surface area (Å²) in [4.78, 5) is 22.8. The molecule has 3 N–H and O–H groups in total. The predicted octanol–water partition coefficient (Wildman–Crippen LogP) is 10.7. The zero-order valence-electron chi connectivity index (χ0n) is 33.3. The highest BCUT2D eigenvalue weighted by molar-refractivity contribution is 7.47. The molecule has 0 aromatic carbocycles. The van der Waals surface area contributed by atoms with Gasteiger partial charge in [0.2, 0.25) is 5.91 Å². The largest absolute Gasteiger partial charge is 0.472 e. The maximum atomic E-state index is 12.7. The minimum atomic E-state index is -4.30. The van der Waals surface area contributed by atoms with Crippen molar-refractivity contribution in [3.05, 3.63) is 60.8 Å². The van der Waals surface area contributed by atoms with E-state index in [1.165, 1.54) is 38.5 Å². The molecule has 0 radical (unpaired) electrons. The van der Waals surface area contributed by atoms with Crippen LogP contribution in [-0.4, -0.2) is 73.4 Å². The number of rotatable bonds is 35. The summed E-state index contributed by atoms with van der Waals surface area (Å²) in [5, 5.41) is 13.6. The highest BCUT2D eigenvalue weighted by Crippen LogP contribution is 2.43. The lowest BCUT2D eigenvalue weighted by Crippen LogP contribution is -2.46. The molecule has 0 aromatic heterocycles. The van der Waals surface area contributed by atoms with E-state index in [0.29, 0.717) is 23.9 Å². The normalized spacial score (nSPS) is 15.2. The minimum absolute atomic E-state index is 0.0691. The summed E-state index contributed by atoms with van der Waals surface area (Å²) in [6.07, 6.45) is 43.1. The quantitative estimate of drug-likeness (QED) is 0.0259. The van der Waals surface area contributed by atoms with Crippen LogP contribution < -0.4 is 5.32 Å². The molecule has 0 aliphatic rings. The molecule has 0 spiro atoms. The van der Waals surface area contributed by atoms with Gasteiger partial charge in [-0.2, -0.15) is 0 Å². The lowest BCUT2D eigenvalue weighted by molar-refractivity contribution is -0.870. The number of carbonyl (C=O) groups excluding carboxylic acids is 1. The van der Waals surface area contributed by atoms with Crippen molar-refractivity contribution in [2.75, 3.05) is 40.9 Å². The van der Waals surface area contributed by atoms with E-state index in [9.17, 15) is 19.4 Å². The molecule has 51 heavy (non-hydrogen) atoms. The Hall–Kier alpha value is -1.80. The molecule has 0 rings (SSSR count). The Morgan fingerprint density at radius 2 is 1.18 bits per heavy atom. The number of amides is 1. The van der Waals surface area contributed by atoms with Crippen LogP contribution in [0.2, 0.25) is 0 Å². The van der Waals surface area contributed by atoms with E-state index in [4.69, 9.17) is 9.05 Å². The van der Waals surface area contributed by atoms with Crippen LogP contribution in [-0.2, 0) is 18.4 Å². The Balaban J connectivity index is 4.05. The van der Waals surface area contributed by atoms with Crippen molar-refractivity contribution in [1.29, 1.82) is 0 Å². The number of carbonyl (C=O) groups is 1. The number of phosphoric acid groups is 1. The number of hydrogen-bond acceptors (Lipinski definition) is 5. The standard InChI is InChI=1S/C42H77N2O6P/c1-6-8-10-12-13-14-15-16-17-18-19-20-21-22-23-24-25-26-27-28-29-30-31-32-34-36-42(46)43-40(41(45)35-33-11-9-7-2)39-50-51(47,48)49-38-37-44(3,4)5/h8,10,13-14,16-17,19-20,22-23,40-41,45H,6-7,9,11-12,15,18,21,24-39H2,1-5H3,(H-,43,46,47,48)/p+1/b10-8-,14-13-,17-16-,20-19-,23-22-. The third-order valence-electron chi connectivity index (χ3n) is 8.53. The molecule has 296 valence electrons. The first-order valence-electron chi connectivity index (χ1n) is 20.2. The smallest absolute Gasteiger partial charge is 0.391 e. The van der Waals surface area contributed by atoms with Gasteiger partial charge in [-0.1, -0.05) is 145 Å². The molecule has 3 atom stereocenters. The van der Waals surface area contributed by atoms with E-state index < -0.39 is 20.0 Å². The first kappa shape index (κ1) is 49.2. The molecule has 0 bridgehead atoms. The van der Waals surface area contributed by atoms with Crippen molar-refractivity contribution in [1.82, 2.24) is 5.32 Å². The highest BCUT2D eigenvalue weighted by atomic mass is 31.2. The van der Waals surface area contributed by atoms with E-state index in [0.717, 1.165) is 83.5 Å². The van der Waals surface area contributed by atoms with Gasteiger partial charge < -0.3 is 19.8 Å². The van der Waals surface area contributed by atoms with E-state index in [-0.39, 0.29) is 19.1 Å². The fraction of sp³-hybridized carbons (Fsp3) is 0.738. The average Bonchev–Trinajstić information content (AvgIpc) is 3.07. The van der Waals surface area contributed by atoms with Crippen LogP contribution in [0.3, 0.4) is 0 Å². The number of quaternary nitrogens is 1. The van der Waals surface area contributed by atoms with Crippen LogP contribution >= 0.6 is 7.82 Å². The Morgan fingerprint density at radius 3 is 1.71 bits per heavy atom. The number of aliphatic hydroxyl groups excluding tert-OH is 1. The van der Waals surface area contributed by atoms with Gasteiger partial charge in [0, 0.05) is 6.42 Å². The van der Waals surface area contributed by atoms with Gasteiger partial charge in [-0.25, -0.2) is 4.57 Å². The maximum absolute atomic E-state index is 12.7. The zero-order valence-corrected chi connectivity index (χ0v) is 34.2. The van der Waals surface area contributed by atoms with Crippen LogP contribution in [0, 0.1) is 0 Å². The van der Waals surface area contributed by atoms with E-state index in [2.05, 4.69) is 79.9 Å². The molecule has 3 unspecified atom stereocenters. The number of aliphatic hydroxyl groups is 1. The van der Waals surface area contributed by atoms with Gasteiger partial charge in [-0.3, -0.25) is 13.8 Å². The number of phosphoric ester groups is 1. The number of nitrogens with one attached hydrogen (secondary N) is 1. The molecule has 0 aromatic rings. The van der Waals surface area contributed by atoms with Gasteiger partial charge in [0.05, 0.1) is 39.9 Å². The molecule has 9 heteroatoms. The zero-order chi connectivity index (χ0) is 37.9. The predicted molar refractivity (Wildman–Crippen MR) is 217 cm³/mol. The number of allylic oxidation sites excluding steroid dienone is 10. The third-order valence-corrected chi connectivity index (χ3v) is 9.51. The first-order chi connectivity index (χ1) is 24.5. The van der Waals surface area contributed by atoms with Crippen molar-refractivity contribution in [2.45, 2.75) is 161 Å². The van der Waals surface area contributed by atoms with Gasteiger partial charge in [-0.05, 0) is 57.8 Å². The molecule has 0 fully saturated rings. The molecular weight excluding hydrogens is 659 g/mol. The first-order valence-corrected chi connectivity index (χ1v) is 21.6. The molecule has 1 amide bonds. The van der Waals surface area contributed by atoms with Gasteiger partial charge in [0.15, 0.2) is 0 Å². The van der Waals surface area contributed by atoms with Crippen LogP contribution in [0.5, 0.6) is 0 Å². The number of nitrogens with zero attached hydrogens (tertiary/aromatic N) is 1. The summed E-state index contributed by atoms with van der Waals surface area (Å²) < 4.78 is 23.3. The second-order valence-corrected chi connectivity index (χ2v) is 16.1. The summed E-state index contributed by atoms with van der Waals surface area (Å²) in [6, 6.07) is -0.762. The molecule has 0 aliphatic heterocycles. The number of unbranched alkanes of at least 4 members (excludes halogenated alkanes) is 12. The van der Waals surface area contributed by atoms with Crippen LogP contribution in [0.15, 0.2) is 60.8 Å². The third kappa shape index (κ3) is 36.4. The summed E-state index contributed by atoms with van der Waals surface area (Å²) in [5.74, 6) is -0.164. The topological polar surface area (TPSA) is 105 Å². The SMILES string of the molecule is CC/C=C\C/C=C\C/C=C\C/C=C\C/C=C\CCCCCCCCCCCC(=O)NC(COP(=O)(O)OCC[N+](C)(C)C)C(O)CCCCCC. The van der Waals surface area contributed by atoms with Crippen LogP contribution in [0.1, 0.15) is 149 Å². The van der Waals surface area contributed by atoms with Gasteiger partial charge in [0.25, 0.3) is 0 Å². The summed E-state index contributed by atoms with van der Waals surface area (Å²) in [6.45, 7) is 4.62. The maximum Gasteiger partial charge on any atom is 0.472 e. The van der Waals surface area contributed by atoms with Crippen molar-refractivity contribution >= 4 is 13.7 Å². The fourth-order valence-corrected chi connectivity index (χ4v) is 6.04. The molecule has 8 nitrogen and oxygen atoms in total. The number of likely N-dealkylation sites (N-methyl/N-ethyl adjacent to an activating group) is 1. The highest BCUT2D eigenvalue weighted by Gasteiger charge is 2.28. The van der Waals surface area contributed by atoms with E-state index >= 15 is 0 Å². The Kier molecular flexibility index (Phi) is 32.8. The van der Waals surface area contributed by atoms with E-state index in [1.807, 2.05) is 21.1 Å². The minimum Gasteiger partial charge on any atom is -0.391 e. The van der Waals surface area contributed by atoms with Gasteiger partial charge in [-0.15, -0.1) is 0 Å². The van der Waals surface area contributed by atoms with Crippen molar-refractivity contribution in [3.8, 4) is 0 Å². The average molecular weight is 738 g/mol. The lowest BCUT2D eigenvalue weighted by atomic mass is 10.0. The molecule has 0 saturated carbocycles. The van der Waals surface area contributed by atoms with Crippen molar-refractivity contribution in [3.63, 3.8) is 0 Å². The van der Waals surface area contributed by atoms with Crippen molar-refractivity contribution in [2.24, 2.45) is 0 Å². The molecule has 0 heterocycles. The second kappa shape index (κ2) is 34.0. The van der Waals surface area contributed by atoms with Gasteiger partial charge in [0.1, 0.15) is 13.2 Å². The monoisotopic (exact) mass is 738 g/mol. The van der Waals surface area contributed by atoms with E-state index in [1.54, 1.807) is 0 Å². The fourth-order valence-electron chi connectivity index (χ4n) is 5.30. The summed E-state index contributed by atoms with van der Waals surface area (Å²) in [7, 11) is 1.59.